The Morgan fingerprint density at radius 2 is 1.63 bits per heavy atom. The van der Waals surface area contributed by atoms with Crippen LogP contribution in [0.4, 0.5) is 10.1 Å². The molecule has 0 aliphatic heterocycles. The molecule has 0 saturated carbocycles. The summed E-state index contributed by atoms with van der Waals surface area (Å²) >= 11 is 0. The highest BCUT2D eigenvalue weighted by Crippen LogP contribution is 2.34. The van der Waals surface area contributed by atoms with Crippen LogP contribution in [0.25, 0.3) is 33.3 Å². The Hall–Kier alpha value is -3.20. The molecule has 4 aromatic rings. The van der Waals surface area contributed by atoms with Crippen molar-refractivity contribution in [2.75, 3.05) is 19.0 Å². The molecule has 0 aliphatic carbocycles. The number of halogens is 1. The Balaban J connectivity index is 1.93. The highest BCUT2D eigenvalue weighted by Gasteiger charge is 2.12. The van der Waals surface area contributed by atoms with Gasteiger partial charge in [-0.2, -0.15) is 0 Å². The minimum absolute atomic E-state index is 0.254. The van der Waals surface area contributed by atoms with Crippen LogP contribution in [0.1, 0.15) is 5.56 Å². The van der Waals surface area contributed by atoms with Gasteiger partial charge in [0.15, 0.2) is 0 Å². The number of rotatable bonds is 3. The number of aromatic nitrogens is 1. The van der Waals surface area contributed by atoms with Gasteiger partial charge in [-0.05, 0) is 53.9 Å². The summed E-state index contributed by atoms with van der Waals surface area (Å²) < 4.78 is 13.7. The smallest absolute Gasteiger partial charge is 0.123 e. The van der Waals surface area contributed by atoms with E-state index in [9.17, 15) is 4.39 Å². The number of hydrogen-bond acceptors (Lipinski definition) is 2. The van der Waals surface area contributed by atoms with Gasteiger partial charge in [-0.15, -0.1) is 0 Å². The lowest BCUT2D eigenvalue weighted by molar-refractivity contribution is 0.628. The van der Waals surface area contributed by atoms with Crippen LogP contribution in [0.2, 0.25) is 0 Å². The molecule has 0 saturated heterocycles. The zero-order chi connectivity index (χ0) is 19.0. The fourth-order valence-electron chi connectivity index (χ4n) is 3.44. The number of hydrogen-bond donors (Lipinski definition) is 0. The van der Waals surface area contributed by atoms with E-state index >= 15 is 0 Å². The van der Waals surface area contributed by atoms with Crippen LogP contribution in [0, 0.1) is 12.7 Å². The fraction of sp³-hybridized carbons (Fsp3) is 0.125. The molecule has 0 spiro atoms. The van der Waals surface area contributed by atoms with Crippen LogP contribution in [-0.4, -0.2) is 19.1 Å². The number of aryl methyl sites for hydroxylation is 1. The third-order valence-electron chi connectivity index (χ3n) is 4.85. The van der Waals surface area contributed by atoms with Gasteiger partial charge in [0.25, 0.3) is 0 Å². The molecule has 0 fully saturated rings. The highest BCUT2D eigenvalue weighted by molar-refractivity contribution is 5.97. The number of pyridine rings is 1. The molecular formula is C24H21FN2. The number of anilines is 1. The van der Waals surface area contributed by atoms with Gasteiger partial charge in [0.05, 0.1) is 11.2 Å². The Morgan fingerprint density at radius 1 is 0.815 bits per heavy atom. The zero-order valence-electron chi connectivity index (χ0n) is 15.7. The van der Waals surface area contributed by atoms with Gasteiger partial charge in [0.1, 0.15) is 5.82 Å². The largest absolute Gasteiger partial charge is 0.377 e. The summed E-state index contributed by atoms with van der Waals surface area (Å²) in [5.74, 6) is -0.254. The summed E-state index contributed by atoms with van der Waals surface area (Å²) in [5.41, 5.74) is 7.15. The Labute approximate surface area is 158 Å². The SMILES string of the molecule is Cc1ccccc1-c1ccc2nc(-c3cccc(F)c3)cc(N(C)C)c2c1. The van der Waals surface area contributed by atoms with Crippen LogP contribution in [-0.2, 0) is 0 Å². The maximum absolute atomic E-state index is 13.7. The molecule has 1 aromatic heterocycles. The fourth-order valence-corrected chi connectivity index (χ4v) is 3.44. The van der Waals surface area contributed by atoms with E-state index in [1.807, 2.05) is 32.3 Å². The maximum atomic E-state index is 13.7. The van der Waals surface area contributed by atoms with Crippen molar-refractivity contribution in [3.63, 3.8) is 0 Å². The summed E-state index contributed by atoms with van der Waals surface area (Å²) in [6.45, 7) is 2.12. The predicted molar refractivity (Wildman–Crippen MR) is 112 cm³/mol. The van der Waals surface area contributed by atoms with E-state index in [4.69, 9.17) is 4.98 Å². The molecule has 0 atom stereocenters. The average Bonchev–Trinajstić information content (AvgIpc) is 2.67. The number of nitrogens with zero attached hydrogens (tertiary/aromatic N) is 2. The lowest BCUT2D eigenvalue weighted by Crippen LogP contribution is -2.10. The summed E-state index contributed by atoms with van der Waals surface area (Å²) in [6, 6.07) is 23.3. The molecule has 0 aliphatic rings. The molecule has 0 unspecified atom stereocenters. The molecular weight excluding hydrogens is 335 g/mol. The van der Waals surface area contributed by atoms with Crippen molar-refractivity contribution in [3.05, 3.63) is 84.2 Å². The summed E-state index contributed by atoms with van der Waals surface area (Å²) in [4.78, 5) is 6.87. The van der Waals surface area contributed by atoms with E-state index in [1.54, 1.807) is 6.07 Å². The van der Waals surface area contributed by atoms with Crippen LogP contribution in [0.3, 0.4) is 0 Å². The first kappa shape index (κ1) is 17.2. The van der Waals surface area contributed by atoms with Crippen LogP contribution >= 0.6 is 0 Å². The second-order valence-corrected chi connectivity index (χ2v) is 6.98. The molecule has 3 heteroatoms. The second-order valence-electron chi connectivity index (χ2n) is 6.98. The van der Waals surface area contributed by atoms with Gasteiger partial charge >= 0.3 is 0 Å². The van der Waals surface area contributed by atoms with Gasteiger partial charge in [-0.1, -0.05) is 42.5 Å². The van der Waals surface area contributed by atoms with Gasteiger partial charge in [0, 0.05) is 30.7 Å². The minimum Gasteiger partial charge on any atom is -0.377 e. The van der Waals surface area contributed by atoms with Gasteiger partial charge in [-0.25, -0.2) is 9.37 Å². The van der Waals surface area contributed by atoms with Crippen molar-refractivity contribution in [1.82, 2.24) is 4.98 Å². The van der Waals surface area contributed by atoms with Crippen LogP contribution in [0.5, 0.6) is 0 Å². The van der Waals surface area contributed by atoms with Crippen LogP contribution in [0.15, 0.2) is 72.8 Å². The minimum atomic E-state index is -0.254. The Kier molecular flexibility index (Phi) is 4.36. The molecule has 0 N–H and O–H groups in total. The van der Waals surface area contributed by atoms with Crippen molar-refractivity contribution in [2.45, 2.75) is 6.92 Å². The van der Waals surface area contributed by atoms with E-state index in [1.165, 1.54) is 28.8 Å². The summed E-state index contributed by atoms with van der Waals surface area (Å²) in [5, 5.41) is 1.08. The van der Waals surface area contributed by atoms with Crippen molar-refractivity contribution in [2.24, 2.45) is 0 Å². The lowest BCUT2D eigenvalue weighted by Gasteiger charge is -2.18. The molecule has 27 heavy (non-hydrogen) atoms. The molecule has 0 bridgehead atoms. The van der Waals surface area contributed by atoms with Crippen LogP contribution < -0.4 is 4.90 Å². The van der Waals surface area contributed by atoms with Crippen molar-refractivity contribution < 1.29 is 4.39 Å². The zero-order valence-corrected chi connectivity index (χ0v) is 15.7. The quantitative estimate of drug-likeness (QED) is 0.442. The summed E-state index contributed by atoms with van der Waals surface area (Å²) in [7, 11) is 4.04. The molecule has 1 heterocycles. The van der Waals surface area contributed by atoms with Gasteiger partial charge in [0.2, 0.25) is 0 Å². The predicted octanol–water partition coefficient (Wildman–Crippen LogP) is 6.08. The average molecular weight is 356 g/mol. The molecule has 3 aromatic carbocycles. The standard InChI is InChI=1S/C24H21FN2/c1-16-7-4-5-10-20(16)17-11-12-22-21(14-17)24(27(2)3)15-23(26-22)18-8-6-9-19(25)13-18/h4-15H,1-3H3. The van der Waals surface area contributed by atoms with E-state index in [0.717, 1.165) is 27.8 Å². The molecule has 2 nitrogen and oxygen atoms in total. The summed E-state index contributed by atoms with van der Waals surface area (Å²) in [6.07, 6.45) is 0. The molecule has 0 amide bonds. The first-order chi connectivity index (χ1) is 13.0. The number of benzene rings is 3. The number of fused-ring (bicyclic) bond motifs is 1. The van der Waals surface area contributed by atoms with Gasteiger partial charge < -0.3 is 4.90 Å². The third-order valence-corrected chi connectivity index (χ3v) is 4.85. The van der Waals surface area contributed by atoms with E-state index < -0.39 is 0 Å². The lowest BCUT2D eigenvalue weighted by atomic mass is 9.98. The third kappa shape index (κ3) is 3.28. The first-order valence-electron chi connectivity index (χ1n) is 8.97. The monoisotopic (exact) mass is 356 g/mol. The highest BCUT2D eigenvalue weighted by atomic mass is 19.1. The van der Waals surface area contributed by atoms with Crippen molar-refractivity contribution in [1.29, 1.82) is 0 Å². The second kappa shape index (κ2) is 6.84. The Bertz CT molecular complexity index is 1130. The molecule has 4 rings (SSSR count). The van der Waals surface area contributed by atoms with Crippen molar-refractivity contribution >= 4 is 16.6 Å². The van der Waals surface area contributed by atoms with Crippen molar-refractivity contribution in [3.8, 4) is 22.4 Å². The topological polar surface area (TPSA) is 16.1 Å². The van der Waals surface area contributed by atoms with E-state index in [2.05, 4.69) is 48.2 Å². The van der Waals surface area contributed by atoms with E-state index in [-0.39, 0.29) is 5.82 Å². The van der Waals surface area contributed by atoms with Gasteiger partial charge in [-0.3, -0.25) is 0 Å². The Morgan fingerprint density at radius 3 is 2.37 bits per heavy atom. The maximum Gasteiger partial charge on any atom is 0.123 e. The normalized spacial score (nSPS) is 11.0. The molecule has 134 valence electrons. The molecule has 0 radical (unpaired) electrons. The first-order valence-corrected chi connectivity index (χ1v) is 8.97. The van der Waals surface area contributed by atoms with E-state index in [0.29, 0.717) is 0 Å².